The summed E-state index contributed by atoms with van der Waals surface area (Å²) < 4.78 is 12.9. The Morgan fingerprint density at radius 3 is 2.52 bits per heavy atom. The van der Waals surface area contributed by atoms with Gasteiger partial charge in [-0.25, -0.2) is 9.40 Å². The van der Waals surface area contributed by atoms with Crippen molar-refractivity contribution < 1.29 is 23.9 Å². The molecule has 1 heterocycles. The summed E-state index contributed by atoms with van der Waals surface area (Å²) >= 11 is 0. The van der Waals surface area contributed by atoms with E-state index in [0.29, 0.717) is 18.4 Å². The number of carboxylic acid groups (broad SMARTS) is 1. The maximum absolute atomic E-state index is 12.9. The van der Waals surface area contributed by atoms with Gasteiger partial charge in [0.25, 0.3) is 5.91 Å². The van der Waals surface area contributed by atoms with E-state index in [-0.39, 0.29) is 43.4 Å². The standard InChI is InChI=1S/C17H18FN3O4/c18-12-3-1-11(2-4-12)9-21-14(22)6-5-13(20-21)15(23)19-10-17(7-8-17)16(24)25/h1-4H,5-10H2,(H,19,23)(H,24,25). The lowest BCUT2D eigenvalue weighted by molar-refractivity contribution is -0.143. The first-order chi connectivity index (χ1) is 11.9. The largest absolute Gasteiger partial charge is 0.481 e. The molecule has 2 amide bonds. The van der Waals surface area contributed by atoms with Crippen LogP contribution in [0, 0.1) is 11.2 Å². The lowest BCUT2D eigenvalue weighted by atomic mass is 10.1. The van der Waals surface area contributed by atoms with Crippen LogP contribution in [0.15, 0.2) is 29.4 Å². The molecule has 1 saturated carbocycles. The van der Waals surface area contributed by atoms with Gasteiger partial charge in [-0.2, -0.15) is 5.10 Å². The molecule has 1 aromatic rings. The van der Waals surface area contributed by atoms with Crippen molar-refractivity contribution in [3.63, 3.8) is 0 Å². The molecule has 1 aromatic carbocycles. The molecule has 0 aromatic heterocycles. The minimum atomic E-state index is -0.911. The molecule has 8 heteroatoms. The molecule has 1 aliphatic carbocycles. The zero-order valence-electron chi connectivity index (χ0n) is 13.5. The summed E-state index contributed by atoms with van der Waals surface area (Å²) in [5.41, 5.74) is 0.0416. The molecule has 0 atom stereocenters. The quantitative estimate of drug-likeness (QED) is 0.810. The number of nitrogens with one attached hydrogen (secondary N) is 1. The van der Waals surface area contributed by atoms with Gasteiger partial charge in [0.2, 0.25) is 5.91 Å². The van der Waals surface area contributed by atoms with Crippen molar-refractivity contribution in [2.24, 2.45) is 10.5 Å². The van der Waals surface area contributed by atoms with Crippen molar-refractivity contribution >= 4 is 23.5 Å². The van der Waals surface area contributed by atoms with Crippen molar-refractivity contribution in [2.45, 2.75) is 32.2 Å². The van der Waals surface area contributed by atoms with Crippen molar-refractivity contribution in [1.29, 1.82) is 0 Å². The number of rotatable bonds is 6. The summed E-state index contributed by atoms with van der Waals surface area (Å²) in [4.78, 5) is 35.3. The molecule has 0 radical (unpaired) electrons. The van der Waals surface area contributed by atoms with Crippen LogP contribution in [-0.2, 0) is 20.9 Å². The van der Waals surface area contributed by atoms with Crippen molar-refractivity contribution in [1.82, 2.24) is 10.3 Å². The van der Waals surface area contributed by atoms with E-state index in [9.17, 15) is 18.8 Å². The number of benzene rings is 1. The molecule has 0 unspecified atom stereocenters. The van der Waals surface area contributed by atoms with Gasteiger partial charge in [0.05, 0.1) is 12.0 Å². The van der Waals surface area contributed by atoms with E-state index in [4.69, 9.17) is 5.11 Å². The Kier molecular flexibility index (Phi) is 4.52. The monoisotopic (exact) mass is 347 g/mol. The van der Waals surface area contributed by atoms with E-state index in [2.05, 4.69) is 10.4 Å². The molecule has 132 valence electrons. The summed E-state index contributed by atoms with van der Waals surface area (Å²) in [6, 6.07) is 5.69. The molecule has 2 aliphatic rings. The Balaban J connectivity index is 1.64. The zero-order chi connectivity index (χ0) is 18.0. The maximum atomic E-state index is 12.9. The second-order valence-electron chi connectivity index (χ2n) is 6.39. The summed E-state index contributed by atoms with van der Waals surface area (Å²) in [5, 5.41) is 17.0. The molecule has 7 nitrogen and oxygen atoms in total. The average Bonchev–Trinajstić information content (AvgIpc) is 3.38. The molecule has 0 spiro atoms. The summed E-state index contributed by atoms with van der Waals surface area (Å²) in [5.74, 6) is -1.95. The number of hydrogen-bond donors (Lipinski definition) is 2. The predicted octanol–water partition coefficient (Wildman–Crippen LogP) is 1.29. The topological polar surface area (TPSA) is 99.1 Å². The highest BCUT2D eigenvalue weighted by molar-refractivity contribution is 6.39. The fraction of sp³-hybridized carbons (Fsp3) is 0.412. The molecule has 0 bridgehead atoms. The highest BCUT2D eigenvalue weighted by Crippen LogP contribution is 2.45. The van der Waals surface area contributed by atoms with Crippen LogP contribution in [0.3, 0.4) is 0 Å². The van der Waals surface area contributed by atoms with Gasteiger partial charge in [-0.05, 0) is 30.5 Å². The molecule has 3 rings (SSSR count). The molecular weight excluding hydrogens is 329 g/mol. The SMILES string of the molecule is O=C(NCC1(C(=O)O)CC1)C1=NN(Cc2ccc(F)cc2)C(=O)CC1. The van der Waals surface area contributed by atoms with Crippen molar-refractivity contribution in [2.75, 3.05) is 6.54 Å². The first-order valence-corrected chi connectivity index (χ1v) is 8.03. The van der Waals surface area contributed by atoms with Gasteiger partial charge in [0, 0.05) is 19.4 Å². The summed E-state index contributed by atoms with van der Waals surface area (Å²) in [6.07, 6.45) is 1.46. The van der Waals surface area contributed by atoms with Gasteiger partial charge in [-0.1, -0.05) is 12.1 Å². The Labute approximate surface area is 143 Å². The van der Waals surface area contributed by atoms with E-state index in [1.807, 2.05) is 0 Å². The van der Waals surface area contributed by atoms with E-state index in [0.717, 1.165) is 0 Å². The molecular formula is C17H18FN3O4. The first-order valence-electron chi connectivity index (χ1n) is 8.03. The lowest BCUT2D eigenvalue weighted by Gasteiger charge is -2.23. The van der Waals surface area contributed by atoms with Gasteiger partial charge in [-0.3, -0.25) is 14.4 Å². The van der Waals surface area contributed by atoms with Crippen LogP contribution in [0.5, 0.6) is 0 Å². The number of hydrogen-bond acceptors (Lipinski definition) is 4. The van der Waals surface area contributed by atoms with Crippen molar-refractivity contribution in [3.05, 3.63) is 35.6 Å². The smallest absolute Gasteiger partial charge is 0.311 e. The summed E-state index contributed by atoms with van der Waals surface area (Å²) in [6.45, 7) is 0.209. The number of carboxylic acids is 1. The second-order valence-corrected chi connectivity index (χ2v) is 6.39. The third kappa shape index (κ3) is 3.84. The number of halogens is 1. The zero-order valence-corrected chi connectivity index (χ0v) is 13.5. The number of amides is 2. The normalized spacial score (nSPS) is 18.5. The van der Waals surface area contributed by atoms with Gasteiger partial charge in [-0.15, -0.1) is 0 Å². The Hall–Kier alpha value is -2.77. The number of hydrazone groups is 1. The minimum absolute atomic E-state index is 0.0616. The van der Waals surface area contributed by atoms with Crippen LogP contribution in [0.4, 0.5) is 4.39 Å². The van der Waals surface area contributed by atoms with E-state index in [1.54, 1.807) is 12.1 Å². The van der Waals surface area contributed by atoms with Crippen LogP contribution in [0.2, 0.25) is 0 Å². The van der Waals surface area contributed by atoms with Crippen LogP contribution in [-0.4, -0.2) is 40.2 Å². The predicted molar refractivity (Wildman–Crippen MR) is 85.9 cm³/mol. The fourth-order valence-electron chi connectivity index (χ4n) is 2.62. The van der Waals surface area contributed by atoms with Gasteiger partial charge < -0.3 is 10.4 Å². The van der Waals surface area contributed by atoms with Crippen LogP contribution >= 0.6 is 0 Å². The number of aliphatic carboxylic acids is 1. The molecule has 0 saturated heterocycles. The highest BCUT2D eigenvalue weighted by atomic mass is 19.1. The van der Waals surface area contributed by atoms with E-state index in [1.165, 1.54) is 17.1 Å². The van der Waals surface area contributed by atoms with Crippen LogP contribution in [0.25, 0.3) is 0 Å². The molecule has 25 heavy (non-hydrogen) atoms. The first kappa shape index (κ1) is 17.1. The number of nitrogens with zero attached hydrogens (tertiary/aromatic N) is 2. The van der Waals surface area contributed by atoms with Crippen molar-refractivity contribution in [3.8, 4) is 0 Å². The minimum Gasteiger partial charge on any atom is -0.481 e. The average molecular weight is 347 g/mol. The van der Waals surface area contributed by atoms with E-state index >= 15 is 0 Å². The number of carbonyl (C=O) groups excluding carboxylic acids is 2. The van der Waals surface area contributed by atoms with Gasteiger partial charge in [0.1, 0.15) is 11.5 Å². The Morgan fingerprint density at radius 1 is 1.24 bits per heavy atom. The van der Waals surface area contributed by atoms with Gasteiger partial charge in [0.15, 0.2) is 0 Å². The Morgan fingerprint density at radius 2 is 1.92 bits per heavy atom. The second kappa shape index (κ2) is 6.62. The summed E-state index contributed by atoms with van der Waals surface area (Å²) in [7, 11) is 0. The molecule has 2 N–H and O–H groups in total. The van der Waals surface area contributed by atoms with E-state index < -0.39 is 17.3 Å². The van der Waals surface area contributed by atoms with Crippen LogP contribution < -0.4 is 5.32 Å². The third-order valence-corrected chi connectivity index (χ3v) is 4.51. The van der Waals surface area contributed by atoms with Crippen LogP contribution in [0.1, 0.15) is 31.2 Å². The van der Waals surface area contributed by atoms with Gasteiger partial charge >= 0.3 is 5.97 Å². The Bertz CT molecular complexity index is 741. The third-order valence-electron chi connectivity index (χ3n) is 4.51. The lowest BCUT2D eigenvalue weighted by Crippen LogP contribution is -2.41. The highest BCUT2D eigenvalue weighted by Gasteiger charge is 2.50. The maximum Gasteiger partial charge on any atom is 0.311 e. The molecule has 1 fully saturated rings. The fourth-order valence-corrected chi connectivity index (χ4v) is 2.62. The number of carbonyl (C=O) groups is 3. The molecule has 1 aliphatic heterocycles.